The first-order valence-electron chi connectivity index (χ1n) is 5.45. The Labute approximate surface area is 114 Å². The van der Waals surface area contributed by atoms with Gasteiger partial charge < -0.3 is 9.73 Å². The minimum absolute atomic E-state index is 0.266. The van der Waals surface area contributed by atoms with Gasteiger partial charge in [-0.15, -0.1) is 0 Å². The molecule has 3 nitrogen and oxygen atoms in total. The van der Waals surface area contributed by atoms with Crippen molar-refractivity contribution in [1.82, 2.24) is 0 Å². The molecule has 1 amide bonds. The molecule has 0 fully saturated rings. The first-order chi connectivity index (χ1) is 9.91. The monoisotopic (exact) mass is 303 g/mol. The molecule has 0 aliphatic heterocycles. The van der Waals surface area contributed by atoms with E-state index in [9.17, 15) is 26.7 Å². The minimum Gasteiger partial charge on any atom is -0.465 e. The molecular weight excluding hydrogens is 297 g/mol. The van der Waals surface area contributed by atoms with Gasteiger partial charge in [0.15, 0.2) is 23.3 Å². The zero-order chi connectivity index (χ0) is 15.6. The highest BCUT2D eigenvalue weighted by atomic mass is 19.2. The van der Waals surface area contributed by atoms with E-state index in [1.807, 2.05) is 0 Å². The van der Waals surface area contributed by atoms with E-state index in [1.165, 1.54) is 18.4 Å². The van der Waals surface area contributed by atoms with Gasteiger partial charge in [-0.05, 0) is 18.2 Å². The highest BCUT2D eigenvalue weighted by Gasteiger charge is 2.26. The lowest BCUT2D eigenvalue weighted by atomic mass is 10.2. The van der Waals surface area contributed by atoms with Crippen molar-refractivity contribution in [2.75, 3.05) is 5.32 Å². The van der Waals surface area contributed by atoms with Crippen LogP contribution in [0.3, 0.4) is 0 Å². The van der Waals surface area contributed by atoms with Gasteiger partial charge in [0.25, 0.3) is 0 Å². The van der Waals surface area contributed by atoms with Crippen LogP contribution >= 0.6 is 0 Å². The lowest BCUT2D eigenvalue weighted by Gasteiger charge is -2.08. The Balaban J connectivity index is 2.26. The standard InChI is InChI=1S/C13H6F5NO2/c14-8-9(15)11(17)13(12(18)10(8)16)19-7(20)4-3-6-2-1-5-21-6/h1-5H,(H,19,20). The number of anilines is 1. The van der Waals surface area contributed by atoms with E-state index in [4.69, 9.17) is 4.42 Å². The van der Waals surface area contributed by atoms with Gasteiger partial charge >= 0.3 is 0 Å². The molecule has 1 heterocycles. The minimum atomic E-state index is -2.30. The summed E-state index contributed by atoms with van der Waals surface area (Å²) in [6, 6.07) is 3.02. The number of hydrogen-bond donors (Lipinski definition) is 1. The van der Waals surface area contributed by atoms with E-state index in [0.717, 1.165) is 12.2 Å². The fourth-order valence-electron chi connectivity index (χ4n) is 1.42. The predicted octanol–water partition coefficient (Wildman–Crippen LogP) is 3.63. The quantitative estimate of drug-likeness (QED) is 0.407. The first kappa shape index (κ1) is 14.8. The molecule has 110 valence electrons. The van der Waals surface area contributed by atoms with Crippen LogP contribution in [-0.4, -0.2) is 5.91 Å². The molecular formula is C13H6F5NO2. The smallest absolute Gasteiger partial charge is 0.248 e. The molecule has 0 saturated heterocycles. The number of hydrogen-bond acceptors (Lipinski definition) is 2. The van der Waals surface area contributed by atoms with Gasteiger partial charge in [0.2, 0.25) is 11.7 Å². The molecule has 0 atom stereocenters. The lowest BCUT2D eigenvalue weighted by molar-refractivity contribution is -0.111. The van der Waals surface area contributed by atoms with Crippen LogP contribution in [0.4, 0.5) is 27.6 Å². The summed E-state index contributed by atoms with van der Waals surface area (Å²) in [5, 5.41) is 1.59. The van der Waals surface area contributed by atoms with Crippen LogP contribution in [-0.2, 0) is 4.79 Å². The summed E-state index contributed by atoms with van der Waals surface area (Å²) in [5.74, 6) is -11.6. The molecule has 1 aromatic heterocycles. The van der Waals surface area contributed by atoms with Gasteiger partial charge in [0.05, 0.1) is 6.26 Å². The van der Waals surface area contributed by atoms with Crippen molar-refractivity contribution in [2.24, 2.45) is 0 Å². The topological polar surface area (TPSA) is 42.2 Å². The zero-order valence-electron chi connectivity index (χ0n) is 10.1. The van der Waals surface area contributed by atoms with Crippen LogP contribution in [0.25, 0.3) is 6.08 Å². The zero-order valence-corrected chi connectivity index (χ0v) is 10.1. The summed E-state index contributed by atoms with van der Waals surface area (Å²) < 4.78 is 70.1. The Kier molecular flexibility index (Phi) is 4.06. The molecule has 2 rings (SSSR count). The maximum atomic E-state index is 13.3. The van der Waals surface area contributed by atoms with Crippen molar-refractivity contribution < 1.29 is 31.2 Å². The summed E-state index contributed by atoms with van der Waals surface area (Å²) in [6.07, 6.45) is 3.29. The highest BCUT2D eigenvalue weighted by Crippen LogP contribution is 2.27. The van der Waals surface area contributed by atoms with E-state index >= 15 is 0 Å². The van der Waals surface area contributed by atoms with Crippen LogP contribution in [0.2, 0.25) is 0 Å². The summed E-state index contributed by atoms with van der Waals surface area (Å²) in [7, 11) is 0. The van der Waals surface area contributed by atoms with Gasteiger partial charge in [0, 0.05) is 6.08 Å². The Bertz CT molecular complexity index is 681. The third-order valence-corrected chi connectivity index (χ3v) is 2.40. The molecule has 0 saturated carbocycles. The molecule has 0 radical (unpaired) electrons. The number of nitrogens with one attached hydrogen (secondary N) is 1. The first-order valence-corrected chi connectivity index (χ1v) is 5.45. The number of carbonyl (C=O) groups excluding carboxylic acids is 1. The second-order valence-corrected chi connectivity index (χ2v) is 3.78. The Morgan fingerprint density at radius 2 is 1.57 bits per heavy atom. The number of benzene rings is 1. The SMILES string of the molecule is O=C(C=Cc1ccco1)Nc1c(F)c(F)c(F)c(F)c1F. The maximum absolute atomic E-state index is 13.3. The van der Waals surface area contributed by atoms with Crippen LogP contribution in [0.15, 0.2) is 28.9 Å². The van der Waals surface area contributed by atoms with Gasteiger partial charge in [0.1, 0.15) is 11.4 Å². The van der Waals surface area contributed by atoms with Crippen molar-refractivity contribution in [3.8, 4) is 0 Å². The number of rotatable bonds is 3. The second kappa shape index (κ2) is 5.78. The molecule has 0 aliphatic rings. The Hall–Kier alpha value is -2.64. The summed E-state index contributed by atoms with van der Waals surface area (Å²) in [6.45, 7) is 0. The van der Waals surface area contributed by atoms with E-state index in [1.54, 1.807) is 5.32 Å². The van der Waals surface area contributed by atoms with E-state index in [2.05, 4.69) is 0 Å². The van der Waals surface area contributed by atoms with Crippen LogP contribution in [0.5, 0.6) is 0 Å². The molecule has 1 aromatic carbocycles. The average molecular weight is 303 g/mol. The summed E-state index contributed by atoms with van der Waals surface area (Å²) >= 11 is 0. The predicted molar refractivity (Wildman–Crippen MR) is 62.6 cm³/mol. The molecule has 0 bridgehead atoms. The lowest BCUT2D eigenvalue weighted by Crippen LogP contribution is -2.14. The Morgan fingerprint density at radius 1 is 1.00 bits per heavy atom. The second-order valence-electron chi connectivity index (χ2n) is 3.78. The summed E-state index contributed by atoms with van der Waals surface area (Å²) in [4.78, 5) is 11.4. The van der Waals surface area contributed by atoms with Crippen molar-refractivity contribution in [2.45, 2.75) is 0 Å². The third kappa shape index (κ3) is 2.93. The van der Waals surface area contributed by atoms with E-state index in [-0.39, 0.29) is 5.76 Å². The van der Waals surface area contributed by atoms with Crippen LogP contribution < -0.4 is 5.32 Å². The fourth-order valence-corrected chi connectivity index (χ4v) is 1.42. The highest BCUT2D eigenvalue weighted by molar-refractivity contribution is 6.01. The molecule has 0 spiro atoms. The van der Waals surface area contributed by atoms with Crippen molar-refractivity contribution >= 4 is 17.7 Å². The van der Waals surface area contributed by atoms with Crippen molar-refractivity contribution in [3.63, 3.8) is 0 Å². The number of furan rings is 1. The molecule has 21 heavy (non-hydrogen) atoms. The molecule has 2 aromatic rings. The average Bonchev–Trinajstić information content (AvgIpc) is 2.99. The van der Waals surface area contributed by atoms with Gasteiger partial charge in [-0.25, -0.2) is 22.0 Å². The normalized spacial score (nSPS) is 11.1. The number of carbonyl (C=O) groups is 1. The third-order valence-electron chi connectivity index (χ3n) is 2.40. The van der Waals surface area contributed by atoms with Gasteiger partial charge in [-0.1, -0.05) is 0 Å². The molecule has 0 aliphatic carbocycles. The number of halogens is 5. The largest absolute Gasteiger partial charge is 0.465 e. The van der Waals surface area contributed by atoms with E-state index in [0.29, 0.717) is 0 Å². The van der Waals surface area contributed by atoms with Crippen LogP contribution in [0, 0.1) is 29.1 Å². The van der Waals surface area contributed by atoms with E-state index < -0.39 is 40.7 Å². The van der Waals surface area contributed by atoms with Crippen molar-refractivity contribution in [1.29, 1.82) is 0 Å². The van der Waals surface area contributed by atoms with Crippen molar-refractivity contribution in [3.05, 3.63) is 59.3 Å². The maximum Gasteiger partial charge on any atom is 0.248 e. The fraction of sp³-hybridized carbons (Fsp3) is 0. The summed E-state index contributed by atoms with van der Waals surface area (Å²) in [5.41, 5.74) is -1.42. The molecule has 1 N–H and O–H groups in total. The van der Waals surface area contributed by atoms with Crippen LogP contribution in [0.1, 0.15) is 5.76 Å². The molecule has 0 unspecified atom stereocenters. The van der Waals surface area contributed by atoms with Gasteiger partial charge in [-0.2, -0.15) is 0 Å². The Morgan fingerprint density at radius 3 is 2.10 bits per heavy atom. The number of amides is 1. The molecule has 8 heteroatoms. The van der Waals surface area contributed by atoms with Gasteiger partial charge in [-0.3, -0.25) is 4.79 Å².